The Hall–Kier alpha value is -3.27. The highest BCUT2D eigenvalue weighted by Crippen LogP contribution is 2.55. The number of amides is 1. The second-order valence-corrected chi connectivity index (χ2v) is 6.40. The number of aryl methyl sites for hydroxylation is 1. The number of nitriles is 1. The minimum Gasteiger partial charge on any atom is -0.420 e. The van der Waals surface area contributed by atoms with E-state index in [2.05, 4.69) is 16.3 Å². The zero-order chi connectivity index (χ0) is 18.5. The summed E-state index contributed by atoms with van der Waals surface area (Å²) < 4.78 is 5.60. The third kappa shape index (κ3) is 1.76. The number of hydrogen-bond acceptors (Lipinski definition) is 5. The fourth-order valence-corrected chi connectivity index (χ4v) is 4.10. The molecule has 3 heterocycles. The number of H-pyrrole nitrogens is 1. The summed E-state index contributed by atoms with van der Waals surface area (Å²) in [6.07, 6.45) is 1.55. The number of fused-ring (bicyclic) bond motifs is 4. The van der Waals surface area contributed by atoms with Crippen LogP contribution in [-0.4, -0.2) is 22.6 Å². The van der Waals surface area contributed by atoms with Crippen molar-refractivity contribution < 1.29 is 9.53 Å². The van der Waals surface area contributed by atoms with Crippen molar-refractivity contribution in [3.05, 3.63) is 52.5 Å². The first-order valence-corrected chi connectivity index (χ1v) is 8.68. The Bertz CT molecular complexity index is 984. The van der Waals surface area contributed by atoms with Crippen molar-refractivity contribution in [2.45, 2.75) is 32.1 Å². The van der Waals surface area contributed by atoms with E-state index >= 15 is 0 Å². The topological polar surface area (TPSA) is 108 Å². The van der Waals surface area contributed by atoms with Crippen molar-refractivity contribution in [2.75, 3.05) is 11.4 Å². The number of hydrogen-bond donors (Lipinski definition) is 2. The van der Waals surface area contributed by atoms with E-state index in [4.69, 9.17) is 10.5 Å². The molecular formula is C19H19N5O2. The van der Waals surface area contributed by atoms with Crippen LogP contribution in [0.5, 0.6) is 5.88 Å². The number of likely N-dealkylation sites (N-methyl/N-ethyl adjacent to an activating group) is 1. The highest BCUT2D eigenvalue weighted by Gasteiger charge is 2.60. The second kappa shape index (κ2) is 5.63. The van der Waals surface area contributed by atoms with Crippen molar-refractivity contribution in [1.82, 2.24) is 10.2 Å². The van der Waals surface area contributed by atoms with Crippen LogP contribution in [0.2, 0.25) is 0 Å². The van der Waals surface area contributed by atoms with Gasteiger partial charge in [0, 0.05) is 23.5 Å². The number of nitrogens with one attached hydrogen (secondary N) is 1. The molecule has 26 heavy (non-hydrogen) atoms. The maximum absolute atomic E-state index is 13.7. The lowest BCUT2D eigenvalue weighted by atomic mass is 9.68. The monoisotopic (exact) mass is 349 g/mol. The standard InChI is InChI=1S/C19H19N5O2/c1-3-7-13-15-17(23-22-13)26-16(21)12(10-20)19(15)11-8-5-6-9-14(11)24(4-2)18(19)25/h5-6,8-9H,3-4,7,21H2,1-2H3,(H,22,23)/t19-/m1/s1. The molecule has 2 aliphatic rings. The summed E-state index contributed by atoms with van der Waals surface area (Å²) in [5.41, 5.74) is 7.81. The molecule has 0 aliphatic carbocycles. The summed E-state index contributed by atoms with van der Waals surface area (Å²) >= 11 is 0. The fourth-order valence-electron chi connectivity index (χ4n) is 4.10. The van der Waals surface area contributed by atoms with Crippen LogP contribution in [0, 0.1) is 11.3 Å². The van der Waals surface area contributed by atoms with Gasteiger partial charge in [0.1, 0.15) is 17.1 Å². The van der Waals surface area contributed by atoms with E-state index < -0.39 is 5.41 Å². The molecule has 132 valence electrons. The molecule has 0 unspecified atom stereocenters. The maximum atomic E-state index is 13.7. The van der Waals surface area contributed by atoms with Crippen LogP contribution in [-0.2, 0) is 16.6 Å². The first-order chi connectivity index (χ1) is 12.6. The quantitative estimate of drug-likeness (QED) is 0.882. The molecule has 0 bridgehead atoms. The highest BCUT2D eigenvalue weighted by molar-refractivity contribution is 6.14. The summed E-state index contributed by atoms with van der Waals surface area (Å²) in [4.78, 5) is 15.4. The number of rotatable bonds is 3. The third-order valence-corrected chi connectivity index (χ3v) is 5.10. The number of aromatic nitrogens is 2. The van der Waals surface area contributed by atoms with Gasteiger partial charge >= 0.3 is 0 Å². The minimum atomic E-state index is -1.31. The van der Waals surface area contributed by atoms with Gasteiger partial charge in [-0.05, 0) is 19.4 Å². The molecule has 1 aromatic carbocycles. The van der Waals surface area contributed by atoms with Crippen molar-refractivity contribution in [3.63, 3.8) is 0 Å². The van der Waals surface area contributed by atoms with Gasteiger partial charge in [0.2, 0.25) is 17.7 Å². The molecule has 1 aromatic heterocycles. The lowest BCUT2D eigenvalue weighted by Gasteiger charge is -2.32. The van der Waals surface area contributed by atoms with Gasteiger partial charge in [-0.15, -0.1) is 5.10 Å². The predicted molar refractivity (Wildman–Crippen MR) is 95.3 cm³/mol. The van der Waals surface area contributed by atoms with Crippen LogP contribution in [0.3, 0.4) is 0 Å². The third-order valence-electron chi connectivity index (χ3n) is 5.10. The van der Waals surface area contributed by atoms with Gasteiger partial charge in [0.25, 0.3) is 0 Å². The van der Waals surface area contributed by atoms with Crippen LogP contribution in [0.15, 0.2) is 35.7 Å². The first kappa shape index (κ1) is 16.2. The molecule has 0 saturated heterocycles. The molecule has 1 atom stereocenters. The van der Waals surface area contributed by atoms with Crippen LogP contribution < -0.4 is 15.4 Å². The number of anilines is 1. The van der Waals surface area contributed by atoms with E-state index in [1.807, 2.05) is 38.1 Å². The molecular weight excluding hydrogens is 330 g/mol. The van der Waals surface area contributed by atoms with Gasteiger partial charge in [-0.25, -0.2) is 0 Å². The molecule has 0 saturated carbocycles. The molecule has 3 N–H and O–H groups in total. The van der Waals surface area contributed by atoms with Crippen molar-refractivity contribution in [3.8, 4) is 11.9 Å². The van der Waals surface area contributed by atoms with Crippen molar-refractivity contribution in [1.29, 1.82) is 5.26 Å². The predicted octanol–water partition coefficient (Wildman–Crippen LogP) is 2.10. The molecule has 7 heteroatoms. The van der Waals surface area contributed by atoms with Crippen molar-refractivity contribution >= 4 is 11.6 Å². The van der Waals surface area contributed by atoms with E-state index in [-0.39, 0.29) is 23.2 Å². The number of para-hydroxylation sites is 1. The molecule has 1 amide bonds. The molecule has 1 spiro atoms. The number of benzene rings is 1. The van der Waals surface area contributed by atoms with Gasteiger partial charge in [0.05, 0.1) is 5.56 Å². The normalized spacial score (nSPS) is 20.8. The molecule has 0 fully saturated rings. The Kier molecular flexibility index (Phi) is 3.51. The molecule has 2 aliphatic heterocycles. The second-order valence-electron chi connectivity index (χ2n) is 6.40. The fraction of sp³-hybridized carbons (Fsp3) is 0.316. The maximum Gasteiger partial charge on any atom is 0.247 e. The van der Waals surface area contributed by atoms with Crippen LogP contribution in [0.4, 0.5) is 5.69 Å². The van der Waals surface area contributed by atoms with Gasteiger partial charge in [0.15, 0.2) is 0 Å². The highest BCUT2D eigenvalue weighted by atomic mass is 16.5. The smallest absolute Gasteiger partial charge is 0.247 e. The Labute approximate surface area is 151 Å². The van der Waals surface area contributed by atoms with Gasteiger partial charge in [-0.3, -0.25) is 9.89 Å². The Balaban J connectivity index is 2.14. The van der Waals surface area contributed by atoms with Crippen LogP contribution >= 0.6 is 0 Å². The number of carbonyl (C=O) groups excluding carboxylic acids is 1. The average molecular weight is 349 g/mol. The number of carbonyl (C=O) groups is 1. The summed E-state index contributed by atoms with van der Waals surface area (Å²) in [5.74, 6) is 0.00529. The zero-order valence-electron chi connectivity index (χ0n) is 14.7. The zero-order valence-corrected chi connectivity index (χ0v) is 14.7. The van der Waals surface area contributed by atoms with Gasteiger partial charge < -0.3 is 15.4 Å². The molecule has 7 nitrogen and oxygen atoms in total. The summed E-state index contributed by atoms with van der Waals surface area (Å²) in [6, 6.07) is 9.67. The molecule has 2 aromatic rings. The number of aromatic amines is 1. The van der Waals surface area contributed by atoms with Crippen LogP contribution in [0.25, 0.3) is 0 Å². The van der Waals surface area contributed by atoms with E-state index in [9.17, 15) is 10.1 Å². The van der Waals surface area contributed by atoms with Gasteiger partial charge in [-0.2, -0.15) is 5.26 Å². The molecule has 0 radical (unpaired) electrons. The minimum absolute atomic E-state index is 0.0735. The Morgan fingerprint density at radius 3 is 2.85 bits per heavy atom. The lowest BCUT2D eigenvalue weighted by molar-refractivity contribution is -0.120. The summed E-state index contributed by atoms with van der Waals surface area (Å²) in [5, 5.41) is 17.1. The number of nitrogens with two attached hydrogens (primary N) is 1. The van der Waals surface area contributed by atoms with E-state index in [1.165, 1.54) is 0 Å². The van der Waals surface area contributed by atoms with E-state index in [0.29, 0.717) is 18.5 Å². The summed E-state index contributed by atoms with van der Waals surface area (Å²) in [6.45, 7) is 4.45. The van der Waals surface area contributed by atoms with Crippen LogP contribution in [0.1, 0.15) is 37.1 Å². The Morgan fingerprint density at radius 2 is 2.15 bits per heavy atom. The lowest BCUT2D eigenvalue weighted by Crippen LogP contribution is -2.46. The van der Waals surface area contributed by atoms with E-state index in [0.717, 1.165) is 23.4 Å². The summed E-state index contributed by atoms with van der Waals surface area (Å²) in [7, 11) is 0. The SMILES string of the molecule is CCCc1[nH]nc2c1[C@]1(C(=O)N(CC)c3ccccc31)C(C#N)=C(N)O2. The number of ether oxygens (including phenoxy) is 1. The number of nitrogens with zero attached hydrogens (tertiary/aromatic N) is 3. The van der Waals surface area contributed by atoms with E-state index in [1.54, 1.807) is 4.90 Å². The largest absolute Gasteiger partial charge is 0.420 e. The average Bonchev–Trinajstić information content (AvgIpc) is 3.14. The Morgan fingerprint density at radius 1 is 1.38 bits per heavy atom. The molecule has 4 rings (SSSR count). The van der Waals surface area contributed by atoms with Crippen molar-refractivity contribution in [2.24, 2.45) is 5.73 Å². The van der Waals surface area contributed by atoms with Gasteiger partial charge in [-0.1, -0.05) is 31.5 Å². The first-order valence-electron chi connectivity index (χ1n) is 8.68.